The van der Waals surface area contributed by atoms with Gasteiger partial charge in [0.1, 0.15) is 15.6 Å². The smallest absolute Gasteiger partial charge is 0.281 e. The van der Waals surface area contributed by atoms with Crippen LogP contribution in [0.4, 0.5) is 0 Å². The quantitative estimate of drug-likeness (QED) is 0.637. The van der Waals surface area contributed by atoms with Crippen molar-refractivity contribution >= 4 is 23.2 Å². The molecule has 2 N–H and O–H groups in total. The lowest BCUT2D eigenvalue weighted by atomic mass is 10.2. The number of carbonyl (C=O) groups is 2. The maximum Gasteiger partial charge on any atom is 0.281 e. The number of amides is 2. The summed E-state index contributed by atoms with van der Waals surface area (Å²) in [5, 5.41) is 0.653. The van der Waals surface area contributed by atoms with Gasteiger partial charge in [0.2, 0.25) is 0 Å². The third-order valence-corrected chi connectivity index (χ3v) is 5.23. The van der Waals surface area contributed by atoms with Crippen LogP contribution in [0.3, 0.4) is 0 Å². The maximum atomic E-state index is 12.5. The lowest BCUT2D eigenvalue weighted by molar-refractivity contribution is 0.0847. The number of nitrogens with zero attached hydrogens (tertiary/aromatic N) is 1. The number of aryl methyl sites for hydroxylation is 2. The molecule has 0 unspecified atom stereocenters. The van der Waals surface area contributed by atoms with Crippen LogP contribution >= 0.6 is 11.3 Å². The van der Waals surface area contributed by atoms with Gasteiger partial charge in [-0.25, -0.2) is 4.98 Å². The van der Waals surface area contributed by atoms with E-state index in [2.05, 4.69) is 15.8 Å². The molecule has 0 aliphatic carbocycles. The lowest BCUT2D eigenvalue weighted by Gasteiger charge is -2.08. The summed E-state index contributed by atoms with van der Waals surface area (Å²) < 4.78 is 15.6. The Morgan fingerprint density at radius 3 is 2.39 bits per heavy atom. The number of methoxy groups -OCH3 is 2. The minimum atomic E-state index is -0.457. The minimum Gasteiger partial charge on any atom is -0.493 e. The minimum absolute atomic E-state index is 0.354. The van der Waals surface area contributed by atoms with Crippen molar-refractivity contribution < 1.29 is 23.5 Å². The predicted octanol–water partition coefficient (Wildman–Crippen LogP) is 3.11. The summed E-state index contributed by atoms with van der Waals surface area (Å²) in [6.07, 6.45) is 1.41. The summed E-state index contributed by atoms with van der Waals surface area (Å²) >= 11 is 1.22. The van der Waals surface area contributed by atoms with Crippen molar-refractivity contribution in [2.75, 3.05) is 14.2 Å². The highest BCUT2D eigenvalue weighted by molar-refractivity contribution is 7.17. The molecule has 0 fully saturated rings. The van der Waals surface area contributed by atoms with Gasteiger partial charge < -0.3 is 13.9 Å². The van der Waals surface area contributed by atoms with Crippen molar-refractivity contribution in [3.63, 3.8) is 0 Å². The molecule has 146 valence electrons. The number of furan rings is 1. The van der Waals surface area contributed by atoms with Gasteiger partial charge >= 0.3 is 0 Å². The number of aromatic nitrogens is 1. The molecule has 0 saturated carbocycles. The van der Waals surface area contributed by atoms with Crippen LogP contribution in [0.2, 0.25) is 0 Å². The molecule has 3 rings (SSSR count). The van der Waals surface area contributed by atoms with Crippen LogP contribution in [0.5, 0.6) is 11.5 Å². The Morgan fingerprint density at radius 1 is 1.04 bits per heavy atom. The average Bonchev–Trinajstić information content (AvgIpc) is 3.30. The molecule has 0 bridgehead atoms. The third-order valence-electron chi connectivity index (χ3n) is 4.03. The van der Waals surface area contributed by atoms with E-state index in [1.807, 2.05) is 6.07 Å². The van der Waals surface area contributed by atoms with Crippen molar-refractivity contribution in [3.05, 3.63) is 52.4 Å². The van der Waals surface area contributed by atoms with Gasteiger partial charge in [-0.05, 0) is 38.1 Å². The highest BCUT2D eigenvalue weighted by Gasteiger charge is 2.19. The van der Waals surface area contributed by atoms with Gasteiger partial charge in [-0.1, -0.05) is 0 Å². The fourth-order valence-electron chi connectivity index (χ4n) is 2.56. The fourth-order valence-corrected chi connectivity index (χ4v) is 3.52. The zero-order valence-electron chi connectivity index (χ0n) is 15.8. The number of carbonyl (C=O) groups excluding carboxylic acids is 2. The van der Waals surface area contributed by atoms with Gasteiger partial charge in [0.15, 0.2) is 11.5 Å². The maximum absolute atomic E-state index is 12.5. The topological polar surface area (TPSA) is 103 Å². The largest absolute Gasteiger partial charge is 0.493 e. The Bertz CT molecular complexity index is 1020. The number of hydrazine groups is 1. The molecule has 8 nitrogen and oxygen atoms in total. The molecule has 2 aromatic heterocycles. The summed E-state index contributed by atoms with van der Waals surface area (Å²) in [7, 11) is 3.12. The van der Waals surface area contributed by atoms with Crippen LogP contribution in [-0.2, 0) is 0 Å². The summed E-state index contributed by atoms with van der Waals surface area (Å²) in [6, 6.07) is 6.94. The van der Waals surface area contributed by atoms with Gasteiger partial charge in [-0.3, -0.25) is 20.4 Å². The Balaban J connectivity index is 1.75. The third kappa shape index (κ3) is 3.84. The van der Waals surface area contributed by atoms with Gasteiger partial charge in [-0.15, -0.1) is 11.3 Å². The van der Waals surface area contributed by atoms with Gasteiger partial charge in [0.05, 0.1) is 31.7 Å². The zero-order valence-corrected chi connectivity index (χ0v) is 16.6. The van der Waals surface area contributed by atoms with E-state index < -0.39 is 11.8 Å². The van der Waals surface area contributed by atoms with Crippen LogP contribution < -0.4 is 20.3 Å². The number of hydrogen-bond acceptors (Lipinski definition) is 7. The molecule has 3 aromatic rings. The highest BCUT2D eigenvalue weighted by Crippen LogP contribution is 2.34. The summed E-state index contributed by atoms with van der Waals surface area (Å²) in [4.78, 5) is 29.4. The van der Waals surface area contributed by atoms with E-state index in [0.717, 1.165) is 5.56 Å². The first-order chi connectivity index (χ1) is 13.4. The van der Waals surface area contributed by atoms with Crippen LogP contribution in [-0.4, -0.2) is 31.0 Å². The molecule has 0 spiro atoms. The van der Waals surface area contributed by atoms with Gasteiger partial charge in [0, 0.05) is 5.56 Å². The number of benzene rings is 1. The van der Waals surface area contributed by atoms with E-state index >= 15 is 0 Å². The second-order valence-electron chi connectivity index (χ2n) is 5.80. The first-order valence-electron chi connectivity index (χ1n) is 8.29. The Morgan fingerprint density at radius 2 is 1.75 bits per heavy atom. The molecular formula is C19H19N3O5S. The lowest BCUT2D eigenvalue weighted by Crippen LogP contribution is -2.41. The molecule has 28 heavy (non-hydrogen) atoms. The standard InChI is InChI=1S/C19H19N3O5S/c1-10-16(18(24)22-21-17(23)13-7-8-27-11(13)2)28-19(20-10)12-5-6-14(25-3)15(9-12)26-4/h5-9H,1-4H3,(H,21,23)(H,22,24). The monoisotopic (exact) mass is 401 g/mol. The van der Waals surface area contributed by atoms with E-state index in [9.17, 15) is 9.59 Å². The second kappa shape index (κ2) is 8.13. The molecular weight excluding hydrogens is 382 g/mol. The SMILES string of the molecule is COc1ccc(-c2nc(C)c(C(=O)NNC(=O)c3ccoc3C)s2)cc1OC. The molecule has 0 atom stereocenters. The van der Waals surface area contributed by atoms with Crippen LogP contribution in [0.1, 0.15) is 31.5 Å². The van der Waals surface area contributed by atoms with Crippen molar-refractivity contribution in [1.82, 2.24) is 15.8 Å². The molecule has 0 radical (unpaired) electrons. The zero-order chi connectivity index (χ0) is 20.3. The average molecular weight is 401 g/mol. The molecule has 0 saturated heterocycles. The van der Waals surface area contributed by atoms with Gasteiger partial charge in [-0.2, -0.15) is 0 Å². The number of rotatable bonds is 5. The van der Waals surface area contributed by atoms with Crippen molar-refractivity contribution in [2.24, 2.45) is 0 Å². The van der Waals surface area contributed by atoms with E-state index in [0.29, 0.717) is 38.4 Å². The van der Waals surface area contributed by atoms with E-state index in [1.165, 1.54) is 23.7 Å². The van der Waals surface area contributed by atoms with E-state index in [4.69, 9.17) is 13.9 Å². The predicted molar refractivity (Wildman–Crippen MR) is 104 cm³/mol. The summed E-state index contributed by atoms with van der Waals surface area (Å²) in [5.74, 6) is 0.742. The highest BCUT2D eigenvalue weighted by atomic mass is 32.1. The Hall–Kier alpha value is -3.33. The fraction of sp³-hybridized carbons (Fsp3) is 0.211. The Kier molecular flexibility index (Phi) is 5.65. The first-order valence-corrected chi connectivity index (χ1v) is 9.10. The molecule has 0 aliphatic rings. The van der Waals surface area contributed by atoms with Crippen LogP contribution in [0.25, 0.3) is 10.6 Å². The van der Waals surface area contributed by atoms with Crippen molar-refractivity contribution in [2.45, 2.75) is 13.8 Å². The first kappa shape index (κ1) is 19.4. The number of hydrogen-bond donors (Lipinski definition) is 2. The molecule has 2 amide bonds. The number of thiazole rings is 1. The van der Waals surface area contributed by atoms with Crippen molar-refractivity contribution in [3.8, 4) is 22.1 Å². The van der Waals surface area contributed by atoms with Crippen LogP contribution in [0.15, 0.2) is 34.9 Å². The normalized spacial score (nSPS) is 10.4. The van der Waals surface area contributed by atoms with Crippen molar-refractivity contribution in [1.29, 1.82) is 0 Å². The number of ether oxygens (including phenoxy) is 2. The molecule has 9 heteroatoms. The molecule has 0 aliphatic heterocycles. The number of nitrogens with one attached hydrogen (secondary N) is 2. The van der Waals surface area contributed by atoms with Gasteiger partial charge in [0.25, 0.3) is 11.8 Å². The second-order valence-corrected chi connectivity index (χ2v) is 6.80. The van der Waals surface area contributed by atoms with Crippen LogP contribution in [0, 0.1) is 13.8 Å². The molecule has 2 heterocycles. The Labute approximate surface area is 165 Å². The summed E-state index contributed by atoms with van der Waals surface area (Å²) in [5.41, 5.74) is 6.49. The van der Waals surface area contributed by atoms with E-state index in [-0.39, 0.29) is 0 Å². The molecule has 1 aromatic carbocycles. The van der Waals surface area contributed by atoms with E-state index in [1.54, 1.807) is 40.2 Å². The summed E-state index contributed by atoms with van der Waals surface area (Å²) in [6.45, 7) is 3.40.